The van der Waals surface area contributed by atoms with Gasteiger partial charge < -0.3 is 9.72 Å². The molecule has 1 N–H and O–H groups in total. The number of carbonyl (C=O) groups excluding carboxylic acids is 1. The van der Waals surface area contributed by atoms with Crippen molar-refractivity contribution in [2.45, 2.75) is 6.92 Å². The van der Waals surface area contributed by atoms with Crippen molar-refractivity contribution in [3.8, 4) is 0 Å². The van der Waals surface area contributed by atoms with Crippen molar-refractivity contribution in [2.24, 2.45) is 0 Å². The fourth-order valence-electron chi connectivity index (χ4n) is 1.13. The summed E-state index contributed by atoms with van der Waals surface area (Å²) in [5, 5.41) is 1.88. The second-order valence-corrected chi connectivity index (χ2v) is 4.17. The molecule has 0 amide bonds. The third-order valence-electron chi connectivity index (χ3n) is 1.83. The molecule has 0 saturated heterocycles. The third-order valence-corrected chi connectivity index (χ3v) is 2.72. The van der Waals surface area contributed by atoms with Crippen LogP contribution in [0.25, 0.3) is 10.9 Å². The van der Waals surface area contributed by atoms with E-state index in [2.05, 4.69) is 25.7 Å². The fraction of sp³-hybridized carbons (Fsp3) is 0.182. The monoisotopic (exact) mass is 303 g/mol. The van der Waals surface area contributed by atoms with E-state index in [1.165, 1.54) is 0 Å². The van der Waals surface area contributed by atoms with Crippen LogP contribution in [0.5, 0.6) is 0 Å². The standard InChI is InChI=1S/C8H5BrClN.C3H6O2/c9-7-4-11-8-2-1-5(10)3-6(7)8;1-2-5-3-4/h1-4,11H;3H,2H2,1H3. The Hall–Kier alpha value is -1.000. The van der Waals surface area contributed by atoms with E-state index in [0.717, 1.165) is 20.4 Å². The number of H-pyrrole nitrogens is 1. The molecule has 0 aliphatic heterocycles. The van der Waals surface area contributed by atoms with E-state index in [1.807, 2.05) is 24.4 Å². The van der Waals surface area contributed by atoms with Gasteiger partial charge >= 0.3 is 0 Å². The predicted molar refractivity (Wildman–Crippen MR) is 68.7 cm³/mol. The number of aromatic nitrogens is 1. The second kappa shape index (κ2) is 6.55. The van der Waals surface area contributed by atoms with Gasteiger partial charge in [-0.05, 0) is 41.1 Å². The van der Waals surface area contributed by atoms with Gasteiger partial charge in [0.2, 0.25) is 0 Å². The molecule has 0 aliphatic rings. The molecule has 0 atom stereocenters. The minimum atomic E-state index is 0.431. The lowest BCUT2D eigenvalue weighted by Crippen LogP contribution is -1.80. The topological polar surface area (TPSA) is 42.1 Å². The molecule has 5 heteroatoms. The lowest BCUT2D eigenvalue weighted by atomic mass is 10.2. The quantitative estimate of drug-likeness (QED) is 0.858. The molecular weight excluding hydrogens is 293 g/mol. The molecule has 1 aromatic carbocycles. The molecule has 16 heavy (non-hydrogen) atoms. The van der Waals surface area contributed by atoms with E-state index in [9.17, 15) is 4.79 Å². The van der Waals surface area contributed by atoms with Gasteiger partial charge in [0.15, 0.2) is 0 Å². The molecule has 2 rings (SSSR count). The first-order chi connectivity index (χ1) is 7.69. The van der Waals surface area contributed by atoms with Gasteiger partial charge in [0.25, 0.3) is 6.47 Å². The molecule has 1 heterocycles. The van der Waals surface area contributed by atoms with Gasteiger partial charge in [-0.3, -0.25) is 4.79 Å². The van der Waals surface area contributed by atoms with Crippen molar-refractivity contribution in [2.75, 3.05) is 6.61 Å². The number of ether oxygens (including phenoxy) is 1. The van der Waals surface area contributed by atoms with Crippen molar-refractivity contribution in [3.05, 3.63) is 33.9 Å². The van der Waals surface area contributed by atoms with E-state index in [0.29, 0.717) is 13.1 Å². The summed E-state index contributed by atoms with van der Waals surface area (Å²) in [6.07, 6.45) is 1.90. The number of fused-ring (bicyclic) bond motifs is 1. The van der Waals surface area contributed by atoms with E-state index >= 15 is 0 Å². The van der Waals surface area contributed by atoms with Crippen molar-refractivity contribution in [3.63, 3.8) is 0 Å². The first-order valence-electron chi connectivity index (χ1n) is 4.66. The molecule has 0 bridgehead atoms. The highest BCUT2D eigenvalue weighted by molar-refractivity contribution is 9.10. The van der Waals surface area contributed by atoms with Crippen LogP contribution in [0.15, 0.2) is 28.9 Å². The Labute approximate surface area is 107 Å². The van der Waals surface area contributed by atoms with Crippen LogP contribution < -0.4 is 0 Å². The molecule has 0 fully saturated rings. The molecule has 2 aromatic rings. The van der Waals surface area contributed by atoms with Gasteiger partial charge in [0, 0.05) is 26.6 Å². The van der Waals surface area contributed by atoms with Crippen LogP contribution in [-0.4, -0.2) is 18.1 Å². The molecule has 0 spiro atoms. The Kier molecular flexibility index (Phi) is 5.35. The highest BCUT2D eigenvalue weighted by atomic mass is 79.9. The SMILES string of the molecule is CCOC=O.Clc1ccc2[nH]cc(Br)c2c1. The summed E-state index contributed by atoms with van der Waals surface area (Å²) in [7, 11) is 0. The number of halogens is 2. The van der Waals surface area contributed by atoms with Crippen LogP contribution in [0.2, 0.25) is 5.02 Å². The molecular formula is C11H11BrClNO2. The maximum absolute atomic E-state index is 9.18. The van der Waals surface area contributed by atoms with Crippen molar-refractivity contribution in [1.29, 1.82) is 0 Å². The molecule has 0 radical (unpaired) electrons. The summed E-state index contributed by atoms with van der Waals surface area (Å²) in [4.78, 5) is 12.3. The molecule has 1 aromatic heterocycles. The minimum absolute atomic E-state index is 0.431. The third kappa shape index (κ3) is 3.54. The smallest absolute Gasteiger partial charge is 0.293 e. The largest absolute Gasteiger partial charge is 0.468 e. The number of hydrogen-bond acceptors (Lipinski definition) is 2. The van der Waals surface area contributed by atoms with Crippen molar-refractivity contribution < 1.29 is 9.53 Å². The van der Waals surface area contributed by atoms with Crippen molar-refractivity contribution >= 4 is 44.9 Å². The molecule has 0 aliphatic carbocycles. The highest BCUT2D eigenvalue weighted by Crippen LogP contribution is 2.25. The van der Waals surface area contributed by atoms with E-state index < -0.39 is 0 Å². The second-order valence-electron chi connectivity index (χ2n) is 2.88. The van der Waals surface area contributed by atoms with E-state index in [4.69, 9.17) is 11.6 Å². The van der Waals surface area contributed by atoms with E-state index in [-0.39, 0.29) is 0 Å². The lowest BCUT2D eigenvalue weighted by molar-refractivity contribution is -0.128. The Bertz CT molecular complexity index is 470. The summed E-state index contributed by atoms with van der Waals surface area (Å²) < 4.78 is 5.20. The fourth-order valence-corrected chi connectivity index (χ4v) is 1.74. The molecule has 0 saturated carbocycles. The predicted octanol–water partition coefficient (Wildman–Crippen LogP) is 3.76. The summed E-state index contributed by atoms with van der Waals surface area (Å²) in [5.41, 5.74) is 1.10. The highest BCUT2D eigenvalue weighted by Gasteiger charge is 1.99. The van der Waals surface area contributed by atoms with Gasteiger partial charge in [-0.2, -0.15) is 0 Å². The zero-order chi connectivity index (χ0) is 12.0. The van der Waals surface area contributed by atoms with E-state index in [1.54, 1.807) is 6.92 Å². The summed E-state index contributed by atoms with van der Waals surface area (Å²) >= 11 is 9.22. The lowest BCUT2D eigenvalue weighted by Gasteiger charge is -1.90. The average molecular weight is 305 g/mol. The Morgan fingerprint density at radius 1 is 1.56 bits per heavy atom. The number of benzene rings is 1. The van der Waals surface area contributed by atoms with Crippen LogP contribution in [0, 0.1) is 0 Å². The first-order valence-corrected chi connectivity index (χ1v) is 5.83. The summed E-state index contributed by atoms with van der Waals surface area (Å²) in [6.45, 7) is 2.66. The number of hydrogen-bond donors (Lipinski definition) is 1. The van der Waals surface area contributed by atoms with Crippen LogP contribution in [0.3, 0.4) is 0 Å². The summed E-state index contributed by atoms with van der Waals surface area (Å²) in [5.74, 6) is 0. The normalized spacial score (nSPS) is 9.44. The zero-order valence-corrected chi connectivity index (χ0v) is 11.0. The Balaban J connectivity index is 0.000000221. The summed E-state index contributed by atoms with van der Waals surface area (Å²) in [6, 6.07) is 5.76. The van der Waals surface area contributed by atoms with Gasteiger partial charge in [0.05, 0.1) is 6.61 Å². The number of nitrogens with one attached hydrogen (secondary N) is 1. The zero-order valence-electron chi connectivity index (χ0n) is 8.67. The van der Waals surface area contributed by atoms with Gasteiger partial charge in [-0.1, -0.05) is 11.6 Å². The first kappa shape index (κ1) is 13.1. The van der Waals surface area contributed by atoms with Gasteiger partial charge in [-0.25, -0.2) is 0 Å². The average Bonchev–Trinajstić information content (AvgIpc) is 2.63. The van der Waals surface area contributed by atoms with Crippen LogP contribution in [-0.2, 0) is 9.53 Å². The van der Waals surface area contributed by atoms with Gasteiger partial charge in [0.1, 0.15) is 0 Å². The van der Waals surface area contributed by atoms with Crippen LogP contribution in [0.1, 0.15) is 6.92 Å². The maximum Gasteiger partial charge on any atom is 0.293 e. The molecule has 3 nitrogen and oxygen atoms in total. The minimum Gasteiger partial charge on any atom is -0.468 e. The van der Waals surface area contributed by atoms with Gasteiger partial charge in [-0.15, -0.1) is 0 Å². The van der Waals surface area contributed by atoms with Crippen molar-refractivity contribution in [1.82, 2.24) is 4.98 Å². The van der Waals surface area contributed by atoms with Crippen LogP contribution in [0.4, 0.5) is 0 Å². The maximum atomic E-state index is 9.18. The molecule has 0 unspecified atom stereocenters. The Morgan fingerprint density at radius 3 is 2.88 bits per heavy atom. The Morgan fingerprint density at radius 2 is 2.31 bits per heavy atom. The molecule has 86 valence electrons. The number of aromatic amines is 1. The number of rotatable bonds is 2. The number of carbonyl (C=O) groups is 1. The van der Waals surface area contributed by atoms with Crippen LogP contribution >= 0.6 is 27.5 Å².